The van der Waals surface area contributed by atoms with Gasteiger partial charge in [0.15, 0.2) is 6.10 Å². The van der Waals surface area contributed by atoms with Gasteiger partial charge in [0, 0.05) is 12.8 Å². The van der Waals surface area contributed by atoms with E-state index < -0.39 is 6.10 Å². The molecule has 0 aromatic rings. The number of hydrogen-bond acceptors (Lipinski definition) is 5. The minimum absolute atomic E-state index is 0.0864. The van der Waals surface area contributed by atoms with E-state index in [4.69, 9.17) is 9.47 Å². The summed E-state index contributed by atoms with van der Waals surface area (Å²) in [5, 5.41) is 9.64. The summed E-state index contributed by atoms with van der Waals surface area (Å²) < 4.78 is 10.7. The summed E-state index contributed by atoms with van der Waals surface area (Å²) in [6, 6.07) is 0. The molecular formula is C63H100O5. The van der Waals surface area contributed by atoms with Crippen LogP contribution in [0.3, 0.4) is 0 Å². The van der Waals surface area contributed by atoms with Crippen molar-refractivity contribution in [2.45, 2.75) is 225 Å². The van der Waals surface area contributed by atoms with Gasteiger partial charge in [0.05, 0.1) is 6.61 Å². The fraction of sp³-hybridized carbons (Fsp3) is 0.587. The van der Waals surface area contributed by atoms with Crippen LogP contribution in [0.1, 0.15) is 219 Å². The third-order valence-electron chi connectivity index (χ3n) is 11.1. The maximum atomic E-state index is 12.3. The smallest absolute Gasteiger partial charge is 0.306 e. The van der Waals surface area contributed by atoms with Crippen LogP contribution >= 0.6 is 0 Å². The second-order valence-electron chi connectivity index (χ2n) is 17.6. The van der Waals surface area contributed by atoms with Crippen LogP contribution in [0.5, 0.6) is 0 Å². The van der Waals surface area contributed by atoms with Gasteiger partial charge in [-0.3, -0.25) is 9.59 Å². The van der Waals surface area contributed by atoms with Crippen molar-refractivity contribution in [2.75, 3.05) is 13.2 Å². The predicted octanol–water partition coefficient (Wildman–Crippen LogP) is 18.6. The normalized spacial score (nSPS) is 13.4. The Bertz CT molecular complexity index is 1480. The highest BCUT2D eigenvalue weighted by atomic mass is 16.6. The molecule has 0 heterocycles. The lowest BCUT2D eigenvalue weighted by Crippen LogP contribution is -2.28. The zero-order chi connectivity index (χ0) is 49.2. The molecule has 0 aliphatic rings. The fourth-order valence-corrected chi connectivity index (χ4v) is 7.02. The molecule has 0 rings (SSSR count). The Hall–Kier alpha value is -4.22. The number of aliphatic hydroxyl groups excluding tert-OH is 1. The molecule has 0 radical (unpaired) electrons. The lowest BCUT2D eigenvalue weighted by Gasteiger charge is -2.15. The molecule has 0 aromatic heterocycles. The van der Waals surface area contributed by atoms with E-state index in [2.05, 4.69) is 160 Å². The standard InChI is InChI=1S/C63H100O5/c1-3-5-7-9-11-13-15-17-19-21-23-24-25-26-27-28-29-30-31-32-33-34-35-36-37-38-40-42-44-46-48-50-52-54-56-58-63(66)68-61(59-64)60-67-62(65)57-55-53-51-49-47-45-43-41-39-22-20-18-16-14-12-10-8-6-4-2/h5,7,11-14,17-20,23-24,26-27,29-30,32-33,35-36,38-41,61,64H,3-4,6,8-10,15-16,21-22,25,28,31,34,37,42-60H2,1-2H3/b7-5-,13-11-,14-12-,19-17-,20-18-,24-23-,27-26-,30-29-,33-32-,36-35-,40-38-,41-39-. The van der Waals surface area contributed by atoms with Crippen molar-refractivity contribution in [3.05, 3.63) is 146 Å². The summed E-state index contributed by atoms with van der Waals surface area (Å²) in [4.78, 5) is 24.5. The Morgan fingerprint density at radius 3 is 0.956 bits per heavy atom. The lowest BCUT2D eigenvalue weighted by atomic mass is 10.1. The van der Waals surface area contributed by atoms with Gasteiger partial charge < -0.3 is 14.6 Å². The third-order valence-corrected chi connectivity index (χ3v) is 11.1. The highest BCUT2D eigenvalue weighted by Gasteiger charge is 2.16. The molecule has 0 aromatic carbocycles. The van der Waals surface area contributed by atoms with Crippen molar-refractivity contribution in [1.29, 1.82) is 0 Å². The molecule has 1 unspecified atom stereocenters. The zero-order valence-electron chi connectivity index (χ0n) is 43.6. The molecule has 1 N–H and O–H groups in total. The third kappa shape index (κ3) is 54.4. The zero-order valence-corrected chi connectivity index (χ0v) is 43.6. The van der Waals surface area contributed by atoms with Gasteiger partial charge in [-0.25, -0.2) is 0 Å². The molecule has 0 bridgehead atoms. The number of carbonyl (C=O) groups excluding carboxylic acids is 2. The summed E-state index contributed by atoms with van der Waals surface area (Å²) in [5.41, 5.74) is 0. The SMILES string of the molecule is CC/C=C\C/C=C\C/C=C\C/C=C\C/C=C\C/C=C\C/C=C\C/C=C\C/C=C\CCCCCCCCCC(=O)OC(CO)COC(=O)CCCCCCCC/C=C\C/C=C\C/C=C\CCCCC. The van der Waals surface area contributed by atoms with Gasteiger partial charge in [0.2, 0.25) is 0 Å². The number of rotatable bonds is 48. The van der Waals surface area contributed by atoms with Gasteiger partial charge in [0.25, 0.3) is 0 Å². The molecule has 5 nitrogen and oxygen atoms in total. The van der Waals surface area contributed by atoms with E-state index in [0.29, 0.717) is 12.8 Å². The topological polar surface area (TPSA) is 72.8 Å². The average molecular weight is 937 g/mol. The first kappa shape index (κ1) is 63.8. The molecule has 0 amide bonds. The van der Waals surface area contributed by atoms with E-state index in [1.807, 2.05) is 0 Å². The largest absolute Gasteiger partial charge is 0.462 e. The fourth-order valence-electron chi connectivity index (χ4n) is 7.02. The van der Waals surface area contributed by atoms with Gasteiger partial charge in [-0.15, -0.1) is 0 Å². The number of ether oxygens (including phenoxy) is 2. The van der Waals surface area contributed by atoms with Crippen LogP contribution in [0.15, 0.2) is 146 Å². The highest BCUT2D eigenvalue weighted by molar-refractivity contribution is 5.70. The molecule has 0 saturated carbocycles. The number of esters is 2. The number of allylic oxidation sites excluding steroid dienone is 24. The second kappa shape index (κ2) is 57.1. The number of hydrogen-bond donors (Lipinski definition) is 1. The summed E-state index contributed by atoms with van der Waals surface area (Å²) in [7, 11) is 0. The van der Waals surface area contributed by atoms with Crippen molar-refractivity contribution >= 4 is 11.9 Å². The molecule has 68 heavy (non-hydrogen) atoms. The molecule has 0 fully saturated rings. The monoisotopic (exact) mass is 937 g/mol. The number of aliphatic hydroxyl groups is 1. The van der Waals surface area contributed by atoms with Gasteiger partial charge >= 0.3 is 11.9 Å². The van der Waals surface area contributed by atoms with E-state index in [1.165, 1.54) is 70.6 Å². The molecule has 382 valence electrons. The summed E-state index contributed by atoms with van der Waals surface area (Å²) in [6.45, 7) is 3.97. The maximum Gasteiger partial charge on any atom is 0.306 e. The van der Waals surface area contributed by atoms with Crippen LogP contribution in [0.25, 0.3) is 0 Å². The van der Waals surface area contributed by atoms with E-state index in [1.54, 1.807) is 0 Å². The highest BCUT2D eigenvalue weighted by Crippen LogP contribution is 2.13. The van der Waals surface area contributed by atoms with Gasteiger partial charge in [-0.05, 0) is 122 Å². The minimum atomic E-state index is -0.795. The van der Waals surface area contributed by atoms with Gasteiger partial charge in [0.1, 0.15) is 6.61 Å². The van der Waals surface area contributed by atoms with Crippen LogP contribution in [0, 0.1) is 0 Å². The Balaban J connectivity index is 3.64. The Labute approximate surface area is 418 Å². The van der Waals surface area contributed by atoms with Crippen LogP contribution in [-0.2, 0) is 19.1 Å². The summed E-state index contributed by atoms with van der Waals surface area (Å²) >= 11 is 0. The van der Waals surface area contributed by atoms with Crippen molar-refractivity contribution in [1.82, 2.24) is 0 Å². The minimum Gasteiger partial charge on any atom is -0.462 e. The van der Waals surface area contributed by atoms with Crippen molar-refractivity contribution < 1.29 is 24.2 Å². The van der Waals surface area contributed by atoms with Crippen LogP contribution in [-0.4, -0.2) is 36.4 Å². The van der Waals surface area contributed by atoms with Gasteiger partial charge in [-0.2, -0.15) is 0 Å². The maximum absolute atomic E-state index is 12.3. The molecule has 0 aliphatic heterocycles. The molecule has 5 heteroatoms. The first-order chi connectivity index (χ1) is 33.6. The van der Waals surface area contributed by atoms with Crippen molar-refractivity contribution in [3.63, 3.8) is 0 Å². The summed E-state index contributed by atoms with van der Waals surface area (Å²) in [5.74, 6) is -0.628. The summed E-state index contributed by atoms with van der Waals surface area (Å²) in [6.07, 6.45) is 86.5. The van der Waals surface area contributed by atoms with E-state index in [9.17, 15) is 14.7 Å². The van der Waals surface area contributed by atoms with Crippen LogP contribution in [0.2, 0.25) is 0 Å². The second-order valence-corrected chi connectivity index (χ2v) is 17.6. The van der Waals surface area contributed by atoms with E-state index in [-0.39, 0.29) is 25.2 Å². The Morgan fingerprint density at radius 1 is 0.353 bits per heavy atom. The van der Waals surface area contributed by atoms with Crippen LogP contribution in [0.4, 0.5) is 0 Å². The van der Waals surface area contributed by atoms with E-state index >= 15 is 0 Å². The molecule has 0 saturated heterocycles. The van der Waals surface area contributed by atoms with Crippen LogP contribution < -0.4 is 0 Å². The Kier molecular flexibility index (Phi) is 53.6. The van der Waals surface area contributed by atoms with Crippen molar-refractivity contribution in [3.8, 4) is 0 Å². The molecular weight excluding hydrogens is 837 g/mol. The average Bonchev–Trinajstić information content (AvgIpc) is 3.34. The molecule has 0 aliphatic carbocycles. The number of unbranched alkanes of at least 4 members (excludes halogenated alkanes) is 16. The Morgan fingerprint density at radius 2 is 0.632 bits per heavy atom. The number of carbonyl (C=O) groups is 2. The first-order valence-corrected chi connectivity index (χ1v) is 27.4. The molecule has 0 spiro atoms. The van der Waals surface area contributed by atoms with E-state index in [0.717, 1.165) is 122 Å². The quantitative estimate of drug-likeness (QED) is 0.0374. The molecule has 1 atom stereocenters. The predicted molar refractivity (Wildman–Crippen MR) is 297 cm³/mol. The van der Waals surface area contributed by atoms with Crippen molar-refractivity contribution in [2.24, 2.45) is 0 Å². The van der Waals surface area contributed by atoms with Gasteiger partial charge in [-0.1, -0.05) is 230 Å². The lowest BCUT2D eigenvalue weighted by molar-refractivity contribution is -0.161. The first-order valence-electron chi connectivity index (χ1n) is 27.4.